The Labute approximate surface area is 121 Å². The second-order valence-electron chi connectivity index (χ2n) is 5.00. The first-order chi connectivity index (χ1) is 8.11. The summed E-state index contributed by atoms with van der Waals surface area (Å²) < 4.78 is 2.42. The number of hydrogen-bond donors (Lipinski definition) is 1. The molecule has 1 nitrogen and oxygen atoms in total. The molecule has 0 spiro atoms. The van der Waals surface area contributed by atoms with Crippen LogP contribution in [0.1, 0.15) is 42.9 Å². The van der Waals surface area contributed by atoms with Gasteiger partial charge in [0.2, 0.25) is 0 Å². The van der Waals surface area contributed by atoms with Crippen LogP contribution in [0, 0.1) is 12.8 Å². The van der Waals surface area contributed by atoms with E-state index in [0.717, 1.165) is 5.92 Å². The highest BCUT2D eigenvalue weighted by atomic mass is 79.9. The van der Waals surface area contributed by atoms with Crippen LogP contribution in [0.3, 0.4) is 0 Å². The first kappa shape index (κ1) is 13.6. The Morgan fingerprint density at radius 3 is 2.53 bits per heavy atom. The molecule has 3 heteroatoms. The van der Waals surface area contributed by atoms with Crippen molar-refractivity contribution in [1.29, 1.82) is 0 Å². The van der Waals surface area contributed by atoms with E-state index in [-0.39, 0.29) is 0 Å². The van der Waals surface area contributed by atoms with Crippen LogP contribution in [-0.4, -0.2) is 7.05 Å². The van der Waals surface area contributed by atoms with Crippen LogP contribution in [0.25, 0.3) is 0 Å². The fourth-order valence-electron chi connectivity index (χ4n) is 2.39. The molecule has 1 aromatic rings. The number of nitrogens with one attached hydrogen (secondary N) is 1. The predicted octanol–water partition coefficient (Wildman–Crippen LogP) is 4.97. The maximum Gasteiger partial charge on any atom is 0.0331 e. The molecule has 0 aromatic heterocycles. The lowest BCUT2D eigenvalue weighted by atomic mass is 9.79. The Bertz CT molecular complexity index is 399. The summed E-state index contributed by atoms with van der Waals surface area (Å²) in [6.07, 6.45) is 5.48. The third-order valence-electron chi connectivity index (χ3n) is 3.80. The average molecular weight is 361 g/mol. The molecule has 17 heavy (non-hydrogen) atoms. The zero-order valence-electron chi connectivity index (χ0n) is 10.4. The molecule has 1 atom stereocenters. The summed E-state index contributed by atoms with van der Waals surface area (Å²) in [4.78, 5) is 0. The molecule has 0 aliphatic heterocycles. The molecule has 0 bridgehead atoms. The monoisotopic (exact) mass is 359 g/mol. The highest BCUT2D eigenvalue weighted by Gasteiger charge is 2.23. The van der Waals surface area contributed by atoms with Crippen LogP contribution in [0.4, 0.5) is 0 Å². The summed E-state index contributed by atoms with van der Waals surface area (Å²) in [5.74, 6) is 0.916. The quantitative estimate of drug-likeness (QED) is 0.799. The Balaban J connectivity index is 2.19. The number of rotatable bonds is 4. The number of aryl methyl sites for hydroxylation is 1. The highest BCUT2D eigenvalue weighted by molar-refractivity contribution is 9.11. The maximum atomic E-state index is 3.69. The molecule has 0 saturated heterocycles. The fourth-order valence-corrected chi connectivity index (χ4v) is 3.49. The standard InChI is InChI=1S/C14H19Br2N/c1-9-6-13(16)11(8-12(9)15)14(17-2)7-10-4-3-5-10/h6,8,10,14,17H,3-5,7H2,1-2H3. The lowest BCUT2D eigenvalue weighted by Crippen LogP contribution is -2.23. The summed E-state index contributed by atoms with van der Waals surface area (Å²) in [5, 5.41) is 3.45. The molecule has 0 amide bonds. The van der Waals surface area contributed by atoms with Gasteiger partial charge < -0.3 is 5.32 Å². The zero-order valence-corrected chi connectivity index (χ0v) is 13.6. The van der Waals surface area contributed by atoms with Crippen LogP contribution in [-0.2, 0) is 0 Å². The van der Waals surface area contributed by atoms with Gasteiger partial charge in [-0.1, -0.05) is 51.1 Å². The predicted molar refractivity (Wildman–Crippen MR) is 80.3 cm³/mol. The van der Waals surface area contributed by atoms with E-state index in [9.17, 15) is 0 Å². The van der Waals surface area contributed by atoms with Crippen molar-refractivity contribution in [1.82, 2.24) is 5.32 Å². The van der Waals surface area contributed by atoms with Crippen molar-refractivity contribution in [3.8, 4) is 0 Å². The first-order valence-corrected chi connectivity index (χ1v) is 7.83. The molecule has 94 valence electrons. The van der Waals surface area contributed by atoms with Crippen molar-refractivity contribution >= 4 is 31.9 Å². The van der Waals surface area contributed by atoms with Gasteiger partial charge in [-0.3, -0.25) is 0 Å². The van der Waals surface area contributed by atoms with Crippen molar-refractivity contribution in [3.63, 3.8) is 0 Å². The Hall–Kier alpha value is 0.140. The van der Waals surface area contributed by atoms with Gasteiger partial charge in [0, 0.05) is 15.0 Å². The summed E-state index contributed by atoms with van der Waals surface area (Å²) in [6, 6.07) is 4.91. The van der Waals surface area contributed by atoms with E-state index >= 15 is 0 Å². The summed E-state index contributed by atoms with van der Waals surface area (Å²) >= 11 is 7.32. The van der Waals surface area contributed by atoms with Crippen molar-refractivity contribution in [2.24, 2.45) is 5.92 Å². The van der Waals surface area contributed by atoms with E-state index in [1.54, 1.807) is 0 Å². The Morgan fingerprint density at radius 2 is 2.00 bits per heavy atom. The molecular weight excluding hydrogens is 342 g/mol. The third-order valence-corrected chi connectivity index (χ3v) is 5.34. The van der Waals surface area contributed by atoms with E-state index in [1.165, 1.54) is 45.8 Å². The van der Waals surface area contributed by atoms with Gasteiger partial charge in [-0.15, -0.1) is 0 Å². The topological polar surface area (TPSA) is 12.0 Å². The minimum absolute atomic E-state index is 0.464. The van der Waals surface area contributed by atoms with E-state index in [4.69, 9.17) is 0 Å². The smallest absolute Gasteiger partial charge is 0.0331 e. The number of hydrogen-bond acceptors (Lipinski definition) is 1. The molecule has 1 aliphatic carbocycles. The van der Waals surface area contributed by atoms with Gasteiger partial charge in [0.05, 0.1) is 0 Å². The molecule has 0 radical (unpaired) electrons. The lowest BCUT2D eigenvalue weighted by molar-refractivity contribution is 0.265. The first-order valence-electron chi connectivity index (χ1n) is 6.24. The lowest BCUT2D eigenvalue weighted by Gasteiger charge is -2.30. The molecule has 1 saturated carbocycles. The Morgan fingerprint density at radius 1 is 1.29 bits per heavy atom. The number of halogens is 2. The largest absolute Gasteiger partial charge is 0.313 e. The summed E-state index contributed by atoms with van der Waals surface area (Å²) in [6.45, 7) is 2.12. The van der Waals surface area contributed by atoms with Gasteiger partial charge >= 0.3 is 0 Å². The van der Waals surface area contributed by atoms with Crippen LogP contribution in [0.15, 0.2) is 21.1 Å². The van der Waals surface area contributed by atoms with E-state index in [0.29, 0.717) is 6.04 Å². The third kappa shape index (κ3) is 3.12. The molecule has 1 N–H and O–H groups in total. The Kier molecular flexibility index (Phi) is 4.67. The van der Waals surface area contributed by atoms with Gasteiger partial charge in [0.1, 0.15) is 0 Å². The molecule has 1 aromatic carbocycles. The average Bonchev–Trinajstić information content (AvgIpc) is 2.23. The molecule has 1 aliphatic rings. The van der Waals surface area contributed by atoms with Gasteiger partial charge in [-0.2, -0.15) is 0 Å². The van der Waals surface area contributed by atoms with E-state index in [1.807, 2.05) is 0 Å². The molecule has 1 unspecified atom stereocenters. The van der Waals surface area contributed by atoms with Gasteiger partial charge in [-0.25, -0.2) is 0 Å². The second kappa shape index (κ2) is 5.85. The normalized spacial score (nSPS) is 17.9. The summed E-state index contributed by atoms with van der Waals surface area (Å²) in [7, 11) is 2.06. The van der Waals surface area contributed by atoms with Gasteiger partial charge in [-0.05, 0) is 49.6 Å². The van der Waals surface area contributed by atoms with Crippen molar-refractivity contribution < 1.29 is 0 Å². The SMILES string of the molecule is CNC(CC1CCC1)c1cc(Br)c(C)cc1Br. The van der Waals surface area contributed by atoms with Crippen LogP contribution < -0.4 is 5.32 Å². The van der Waals surface area contributed by atoms with Crippen LogP contribution in [0.2, 0.25) is 0 Å². The maximum absolute atomic E-state index is 3.69. The van der Waals surface area contributed by atoms with Crippen LogP contribution >= 0.6 is 31.9 Å². The highest BCUT2D eigenvalue weighted by Crippen LogP contribution is 2.37. The fraction of sp³-hybridized carbons (Fsp3) is 0.571. The molecule has 2 rings (SSSR count). The molecular formula is C14H19Br2N. The molecule has 0 heterocycles. The number of benzene rings is 1. The summed E-state index contributed by atoms with van der Waals surface area (Å²) in [5.41, 5.74) is 2.65. The van der Waals surface area contributed by atoms with E-state index in [2.05, 4.69) is 63.3 Å². The van der Waals surface area contributed by atoms with Crippen LogP contribution in [0.5, 0.6) is 0 Å². The molecule has 1 fully saturated rings. The van der Waals surface area contributed by atoms with Gasteiger partial charge in [0.15, 0.2) is 0 Å². The minimum Gasteiger partial charge on any atom is -0.313 e. The minimum atomic E-state index is 0.464. The van der Waals surface area contributed by atoms with Crippen molar-refractivity contribution in [2.45, 2.75) is 38.6 Å². The van der Waals surface area contributed by atoms with Crippen molar-refractivity contribution in [3.05, 3.63) is 32.2 Å². The van der Waals surface area contributed by atoms with Gasteiger partial charge in [0.25, 0.3) is 0 Å². The van der Waals surface area contributed by atoms with E-state index < -0.39 is 0 Å². The van der Waals surface area contributed by atoms with Crippen molar-refractivity contribution in [2.75, 3.05) is 7.05 Å². The second-order valence-corrected chi connectivity index (χ2v) is 6.71. The zero-order chi connectivity index (χ0) is 12.4.